The van der Waals surface area contributed by atoms with Crippen LogP contribution in [-0.4, -0.2) is 23.1 Å². The van der Waals surface area contributed by atoms with Gasteiger partial charge in [-0.25, -0.2) is 0 Å². The summed E-state index contributed by atoms with van der Waals surface area (Å²) in [6.45, 7) is 3.01. The fraction of sp³-hybridized carbons (Fsp3) is 0.462. The minimum atomic E-state index is -0.383. The summed E-state index contributed by atoms with van der Waals surface area (Å²) in [6, 6.07) is 3.61. The zero-order chi connectivity index (χ0) is 13.1. The van der Waals surface area contributed by atoms with Crippen LogP contribution in [-0.2, 0) is 6.54 Å². The number of hydrogen-bond donors (Lipinski definition) is 1. The lowest BCUT2D eigenvalue weighted by Crippen LogP contribution is -2.28. The lowest BCUT2D eigenvalue weighted by Gasteiger charge is -2.26. The number of halogens is 2. The van der Waals surface area contributed by atoms with E-state index in [1.54, 1.807) is 6.07 Å². The van der Waals surface area contributed by atoms with Crippen molar-refractivity contribution in [2.24, 2.45) is 0 Å². The number of rotatable bonds is 2. The molecule has 18 heavy (non-hydrogen) atoms. The van der Waals surface area contributed by atoms with Gasteiger partial charge in [-0.05, 0) is 75.5 Å². The van der Waals surface area contributed by atoms with Crippen LogP contribution in [0.25, 0.3) is 0 Å². The van der Waals surface area contributed by atoms with E-state index in [1.165, 1.54) is 19.3 Å². The highest BCUT2D eigenvalue weighted by molar-refractivity contribution is 9.11. The summed E-state index contributed by atoms with van der Waals surface area (Å²) >= 11 is 6.45. The first-order chi connectivity index (χ1) is 8.58. The molecule has 3 nitrogen and oxygen atoms in total. The van der Waals surface area contributed by atoms with Crippen LogP contribution in [0.1, 0.15) is 24.8 Å². The van der Waals surface area contributed by atoms with Gasteiger partial charge in [0, 0.05) is 6.54 Å². The average molecular weight is 377 g/mol. The highest BCUT2D eigenvalue weighted by Crippen LogP contribution is 2.23. The monoisotopic (exact) mass is 375 g/mol. The Balaban J connectivity index is 2.28. The third-order valence-electron chi connectivity index (χ3n) is 3.14. The van der Waals surface area contributed by atoms with Gasteiger partial charge in [-0.15, -0.1) is 0 Å². The van der Waals surface area contributed by atoms with Crippen LogP contribution in [0.3, 0.4) is 0 Å². The summed E-state index contributed by atoms with van der Waals surface area (Å²) in [5.41, 5.74) is 0.639. The first-order valence-electron chi connectivity index (χ1n) is 6.01. The van der Waals surface area contributed by atoms with Crippen molar-refractivity contribution >= 4 is 31.9 Å². The molecule has 0 aromatic heterocycles. The van der Waals surface area contributed by atoms with Crippen molar-refractivity contribution in [3.63, 3.8) is 0 Å². The number of piperidine rings is 1. The van der Waals surface area contributed by atoms with Crippen LogP contribution < -0.4 is 5.43 Å². The van der Waals surface area contributed by atoms with Gasteiger partial charge in [0.1, 0.15) is 0 Å². The fourth-order valence-corrected chi connectivity index (χ4v) is 3.15. The summed E-state index contributed by atoms with van der Waals surface area (Å²) in [5, 5.41) is 9.67. The second-order valence-electron chi connectivity index (χ2n) is 4.57. The van der Waals surface area contributed by atoms with Gasteiger partial charge in [0.05, 0.1) is 8.95 Å². The van der Waals surface area contributed by atoms with E-state index in [-0.39, 0.29) is 11.2 Å². The standard InChI is InChI=1S/C13H15Br2NO2/c14-10-6-9(7-11(15)13(18)12(10)17)8-16-4-2-1-3-5-16/h6-7H,1-5,8H2,(H,17,18). The molecular weight excluding hydrogens is 362 g/mol. The van der Waals surface area contributed by atoms with E-state index in [0.29, 0.717) is 8.95 Å². The molecule has 1 saturated heterocycles. The van der Waals surface area contributed by atoms with Crippen molar-refractivity contribution in [2.75, 3.05) is 13.1 Å². The zero-order valence-corrected chi connectivity index (χ0v) is 13.1. The third kappa shape index (κ3) is 3.33. The smallest absolute Gasteiger partial charge is 0.235 e. The lowest BCUT2D eigenvalue weighted by atomic mass is 10.1. The molecule has 0 spiro atoms. The van der Waals surface area contributed by atoms with Gasteiger partial charge in [0.15, 0.2) is 5.75 Å². The maximum atomic E-state index is 11.7. The Morgan fingerprint density at radius 3 is 2.39 bits per heavy atom. The Bertz CT molecular complexity index is 499. The molecule has 1 aliphatic rings. The largest absolute Gasteiger partial charge is 0.503 e. The molecule has 98 valence electrons. The van der Waals surface area contributed by atoms with Crippen molar-refractivity contribution in [2.45, 2.75) is 25.8 Å². The van der Waals surface area contributed by atoms with Gasteiger partial charge in [-0.3, -0.25) is 9.69 Å². The summed E-state index contributed by atoms with van der Waals surface area (Å²) in [6.07, 6.45) is 3.77. The second-order valence-corrected chi connectivity index (χ2v) is 6.28. The van der Waals surface area contributed by atoms with Crippen molar-refractivity contribution in [3.8, 4) is 5.75 Å². The van der Waals surface area contributed by atoms with Crippen LogP contribution in [0.2, 0.25) is 0 Å². The molecular formula is C13H15Br2NO2. The van der Waals surface area contributed by atoms with Gasteiger partial charge >= 0.3 is 0 Å². The van der Waals surface area contributed by atoms with E-state index in [1.807, 2.05) is 6.07 Å². The highest BCUT2D eigenvalue weighted by atomic mass is 79.9. The number of likely N-dealkylation sites (tertiary alicyclic amines) is 1. The van der Waals surface area contributed by atoms with E-state index >= 15 is 0 Å². The molecule has 0 aliphatic carbocycles. The molecule has 5 heteroatoms. The highest BCUT2D eigenvalue weighted by Gasteiger charge is 2.12. The Hall–Kier alpha value is -0.390. The summed E-state index contributed by atoms with van der Waals surface area (Å²) in [7, 11) is 0. The molecule has 0 amide bonds. The zero-order valence-electron chi connectivity index (χ0n) is 9.96. The number of hydrogen-bond acceptors (Lipinski definition) is 3. The normalized spacial score (nSPS) is 16.8. The van der Waals surface area contributed by atoms with Crippen molar-refractivity contribution in [3.05, 3.63) is 36.9 Å². The van der Waals surface area contributed by atoms with Crippen LogP contribution in [0.15, 0.2) is 25.9 Å². The predicted octanol–water partition coefficient (Wildman–Crippen LogP) is 3.26. The van der Waals surface area contributed by atoms with E-state index in [2.05, 4.69) is 36.8 Å². The second kappa shape index (κ2) is 6.17. The minimum Gasteiger partial charge on any atom is -0.503 e. The van der Waals surface area contributed by atoms with E-state index in [4.69, 9.17) is 0 Å². The SMILES string of the molecule is O=c1c(Br)cc(CN2CCCCC2)cc(Br)c1O. The Morgan fingerprint density at radius 2 is 1.72 bits per heavy atom. The molecule has 1 fully saturated rings. The molecule has 0 radical (unpaired) electrons. The van der Waals surface area contributed by atoms with Gasteiger partial charge in [0.25, 0.3) is 0 Å². The number of nitrogens with zero attached hydrogens (tertiary/aromatic N) is 1. The van der Waals surface area contributed by atoms with Crippen molar-refractivity contribution < 1.29 is 5.11 Å². The molecule has 1 aromatic carbocycles. The first-order valence-corrected chi connectivity index (χ1v) is 7.60. The summed E-state index contributed by atoms with van der Waals surface area (Å²) in [4.78, 5) is 14.1. The van der Waals surface area contributed by atoms with Gasteiger partial charge in [-0.2, -0.15) is 0 Å². The quantitative estimate of drug-likeness (QED) is 0.861. The Kier molecular flexibility index (Phi) is 4.81. The average Bonchev–Trinajstić information content (AvgIpc) is 2.44. The van der Waals surface area contributed by atoms with Gasteiger partial charge in [-0.1, -0.05) is 6.42 Å². The van der Waals surface area contributed by atoms with E-state index < -0.39 is 0 Å². The Morgan fingerprint density at radius 1 is 1.11 bits per heavy atom. The minimum absolute atomic E-state index is 0.244. The maximum Gasteiger partial charge on any atom is 0.235 e. The van der Waals surface area contributed by atoms with E-state index in [9.17, 15) is 9.90 Å². The molecule has 1 aromatic rings. The molecule has 0 atom stereocenters. The van der Waals surface area contributed by atoms with Crippen LogP contribution in [0.5, 0.6) is 5.75 Å². The molecule has 1 heterocycles. The summed E-state index contributed by atoms with van der Waals surface area (Å²) in [5.74, 6) is -0.244. The third-order valence-corrected chi connectivity index (χ3v) is 4.33. The molecule has 0 bridgehead atoms. The number of aromatic hydroxyl groups is 1. The van der Waals surface area contributed by atoms with Crippen molar-refractivity contribution in [1.29, 1.82) is 0 Å². The molecule has 0 saturated carbocycles. The Labute approximate surface area is 123 Å². The van der Waals surface area contributed by atoms with Crippen LogP contribution >= 0.6 is 31.9 Å². The lowest BCUT2D eigenvalue weighted by molar-refractivity contribution is 0.221. The van der Waals surface area contributed by atoms with Crippen LogP contribution in [0, 0.1) is 0 Å². The van der Waals surface area contributed by atoms with Crippen LogP contribution in [0.4, 0.5) is 0 Å². The molecule has 0 unspecified atom stereocenters. The first kappa shape index (κ1) is 14.0. The molecule has 1 aliphatic heterocycles. The van der Waals surface area contributed by atoms with Gasteiger partial charge in [0.2, 0.25) is 5.43 Å². The van der Waals surface area contributed by atoms with Gasteiger partial charge < -0.3 is 5.11 Å². The molecule has 1 N–H and O–H groups in total. The topological polar surface area (TPSA) is 40.5 Å². The molecule has 2 rings (SSSR count). The fourth-order valence-electron chi connectivity index (χ4n) is 2.19. The summed E-state index contributed by atoms with van der Waals surface area (Å²) < 4.78 is 0.850. The maximum absolute atomic E-state index is 11.7. The predicted molar refractivity (Wildman–Crippen MR) is 78.9 cm³/mol. The van der Waals surface area contributed by atoms with E-state index in [0.717, 1.165) is 25.2 Å². The van der Waals surface area contributed by atoms with Crippen molar-refractivity contribution in [1.82, 2.24) is 4.90 Å².